The number of amides is 1. The third-order valence-corrected chi connectivity index (χ3v) is 4.08. The number of phenolic OH excluding ortho intramolecular Hbond substituents is 1. The van der Waals surface area contributed by atoms with E-state index >= 15 is 0 Å². The molecule has 3 N–H and O–H groups in total. The number of aromatic hydroxyl groups is 1. The monoisotopic (exact) mass is 263 g/mol. The van der Waals surface area contributed by atoms with Crippen LogP contribution >= 0.6 is 0 Å². The first-order valence-electron chi connectivity index (χ1n) is 6.75. The van der Waals surface area contributed by atoms with Crippen molar-refractivity contribution < 1.29 is 15.0 Å². The maximum absolute atomic E-state index is 12.0. The lowest BCUT2D eigenvalue weighted by atomic mass is 9.87. The second-order valence-corrected chi connectivity index (χ2v) is 5.55. The molecule has 0 heterocycles. The molecule has 19 heavy (non-hydrogen) atoms. The number of aliphatic hydroxyl groups excluding tert-OH is 1. The van der Waals surface area contributed by atoms with Crippen LogP contribution < -0.4 is 5.32 Å². The summed E-state index contributed by atoms with van der Waals surface area (Å²) in [6.45, 7) is 2.41. The number of aryl methyl sites for hydroxylation is 1. The molecule has 0 atom stereocenters. The van der Waals surface area contributed by atoms with Crippen LogP contribution in [0.15, 0.2) is 18.2 Å². The Balaban J connectivity index is 1.99. The second kappa shape index (κ2) is 5.61. The molecule has 1 aliphatic rings. The molecular weight excluding hydrogens is 242 g/mol. The highest BCUT2D eigenvalue weighted by atomic mass is 16.3. The quantitative estimate of drug-likeness (QED) is 0.778. The van der Waals surface area contributed by atoms with E-state index in [4.69, 9.17) is 0 Å². The number of carbonyl (C=O) groups is 1. The van der Waals surface area contributed by atoms with Gasteiger partial charge in [-0.3, -0.25) is 4.79 Å². The van der Waals surface area contributed by atoms with Crippen LogP contribution in [0, 0.1) is 12.3 Å². The summed E-state index contributed by atoms with van der Waals surface area (Å²) in [5, 5.41) is 21.8. The van der Waals surface area contributed by atoms with Crippen molar-refractivity contribution in [3.05, 3.63) is 29.3 Å². The average Bonchev–Trinajstić information content (AvgIpc) is 2.89. The van der Waals surface area contributed by atoms with Gasteiger partial charge in [0.15, 0.2) is 0 Å². The zero-order chi connectivity index (χ0) is 13.9. The smallest absolute Gasteiger partial charge is 0.251 e. The van der Waals surface area contributed by atoms with E-state index in [2.05, 4.69) is 5.32 Å². The van der Waals surface area contributed by atoms with E-state index in [0.29, 0.717) is 17.7 Å². The molecule has 2 rings (SSSR count). The van der Waals surface area contributed by atoms with E-state index in [0.717, 1.165) is 25.7 Å². The molecule has 0 aliphatic heterocycles. The summed E-state index contributed by atoms with van der Waals surface area (Å²) in [4.78, 5) is 12.0. The summed E-state index contributed by atoms with van der Waals surface area (Å²) in [6, 6.07) is 4.81. The van der Waals surface area contributed by atoms with Crippen molar-refractivity contribution in [3.63, 3.8) is 0 Å². The summed E-state index contributed by atoms with van der Waals surface area (Å²) in [7, 11) is 0. The Kier molecular flexibility index (Phi) is 4.10. The van der Waals surface area contributed by atoms with Crippen LogP contribution in [0.3, 0.4) is 0 Å². The fourth-order valence-electron chi connectivity index (χ4n) is 2.68. The topological polar surface area (TPSA) is 69.6 Å². The standard InChI is InChI=1S/C15H21NO3/c1-11-8-12(4-5-13(11)18)14(19)16-9-15(10-17)6-2-3-7-15/h4-5,8,17-18H,2-3,6-7,9-10H2,1H3,(H,16,19). The van der Waals surface area contributed by atoms with E-state index in [-0.39, 0.29) is 23.7 Å². The molecule has 0 bridgehead atoms. The molecule has 1 aliphatic carbocycles. The van der Waals surface area contributed by atoms with Crippen LogP contribution in [0.25, 0.3) is 0 Å². The third kappa shape index (κ3) is 3.07. The van der Waals surface area contributed by atoms with Crippen molar-refractivity contribution in [1.82, 2.24) is 5.32 Å². The van der Waals surface area contributed by atoms with Gasteiger partial charge in [-0.2, -0.15) is 0 Å². The number of nitrogens with one attached hydrogen (secondary N) is 1. The van der Waals surface area contributed by atoms with Gasteiger partial charge in [-0.05, 0) is 43.5 Å². The summed E-state index contributed by atoms with van der Waals surface area (Å²) in [5.41, 5.74) is 1.09. The van der Waals surface area contributed by atoms with E-state index in [1.165, 1.54) is 6.07 Å². The van der Waals surface area contributed by atoms with Crippen LogP contribution in [0.4, 0.5) is 0 Å². The second-order valence-electron chi connectivity index (χ2n) is 5.55. The molecule has 1 saturated carbocycles. The van der Waals surface area contributed by atoms with Gasteiger partial charge in [0.05, 0.1) is 6.61 Å². The van der Waals surface area contributed by atoms with Crippen molar-refractivity contribution in [3.8, 4) is 5.75 Å². The molecule has 0 aromatic heterocycles. The van der Waals surface area contributed by atoms with Crippen molar-refractivity contribution >= 4 is 5.91 Å². The minimum atomic E-state index is -0.150. The van der Waals surface area contributed by atoms with Crippen LogP contribution in [-0.4, -0.2) is 29.3 Å². The SMILES string of the molecule is Cc1cc(C(=O)NCC2(CO)CCCC2)ccc1O. The number of carbonyl (C=O) groups excluding carboxylic acids is 1. The van der Waals surface area contributed by atoms with E-state index < -0.39 is 0 Å². The van der Waals surface area contributed by atoms with E-state index in [1.807, 2.05) is 0 Å². The first kappa shape index (κ1) is 13.9. The van der Waals surface area contributed by atoms with Crippen molar-refractivity contribution in [2.24, 2.45) is 5.41 Å². The van der Waals surface area contributed by atoms with Gasteiger partial charge in [0.1, 0.15) is 5.75 Å². The Morgan fingerprint density at radius 3 is 2.63 bits per heavy atom. The fraction of sp³-hybridized carbons (Fsp3) is 0.533. The number of rotatable bonds is 4. The predicted octanol–water partition coefficient (Wildman–Crippen LogP) is 1.98. The summed E-state index contributed by atoms with van der Waals surface area (Å²) < 4.78 is 0. The number of benzene rings is 1. The third-order valence-electron chi connectivity index (χ3n) is 4.08. The molecule has 1 fully saturated rings. The highest BCUT2D eigenvalue weighted by Gasteiger charge is 2.33. The van der Waals surface area contributed by atoms with Crippen molar-refractivity contribution in [1.29, 1.82) is 0 Å². The molecule has 1 amide bonds. The minimum absolute atomic E-state index is 0.127. The molecule has 0 spiro atoms. The molecule has 0 unspecified atom stereocenters. The maximum atomic E-state index is 12.0. The number of hydrogen-bond donors (Lipinski definition) is 3. The first-order valence-corrected chi connectivity index (χ1v) is 6.75. The van der Waals surface area contributed by atoms with Gasteiger partial charge in [-0.15, -0.1) is 0 Å². The lowest BCUT2D eigenvalue weighted by Crippen LogP contribution is -2.38. The molecule has 0 saturated heterocycles. The summed E-state index contributed by atoms with van der Waals surface area (Å²) >= 11 is 0. The Morgan fingerprint density at radius 2 is 2.05 bits per heavy atom. The number of phenols is 1. The van der Waals surface area contributed by atoms with Crippen LogP contribution in [-0.2, 0) is 0 Å². The van der Waals surface area contributed by atoms with E-state index in [1.54, 1.807) is 19.1 Å². The van der Waals surface area contributed by atoms with Gasteiger partial charge >= 0.3 is 0 Å². The highest BCUT2D eigenvalue weighted by molar-refractivity contribution is 5.94. The molecule has 1 aromatic rings. The molecule has 104 valence electrons. The number of hydrogen-bond acceptors (Lipinski definition) is 3. The summed E-state index contributed by atoms with van der Waals surface area (Å²) in [5.74, 6) is 0.0435. The Morgan fingerprint density at radius 1 is 1.37 bits per heavy atom. The normalized spacial score (nSPS) is 17.4. The molecule has 4 nitrogen and oxygen atoms in total. The molecular formula is C15H21NO3. The van der Waals surface area contributed by atoms with Gasteiger partial charge in [0.2, 0.25) is 0 Å². The fourth-order valence-corrected chi connectivity index (χ4v) is 2.68. The lowest BCUT2D eigenvalue weighted by Gasteiger charge is -2.26. The van der Waals surface area contributed by atoms with Crippen LogP contribution in [0.2, 0.25) is 0 Å². The van der Waals surface area contributed by atoms with Gasteiger partial charge in [-0.1, -0.05) is 12.8 Å². The van der Waals surface area contributed by atoms with Gasteiger partial charge in [0, 0.05) is 17.5 Å². The van der Waals surface area contributed by atoms with Gasteiger partial charge < -0.3 is 15.5 Å². The van der Waals surface area contributed by atoms with Gasteiger partial charge in [0.25, 0.3) is 5.91 Å². The maximum Gasteiger partial charge on any atom is 0.251 e. The zero-order valence-electron chi connectivity index (χ0n) is 11.3. The highest BCUT2D eigenvalue weighted by Crippen LogP contribution is 2.36. The summed E-state index contributed by atoms with van der Waals surface area (Å²) in [6.07, 6.45) is 4.18. The Bertz CT molecular complexity index is 464. The van der Waals surface area contributed by atoms with Gasteiger partial charge in [-0.25, -0.2) is 0 Å². The number of aliphatic hydroxyl groups is 1. The van der Waals surface area contributed by atoms with Crippen molar-refractivity contribution in [2.75, 3.05) is 13.2 Å². The Hall–Kier alpha value is -1.55. The lowest BCUT2D eigenvalue weighted by molar-refractivity contribution is 0.0880. The zero-order valence-corrected chi connectivity index (χ0v) is 11.3. The molecule has 4 heteroatoms. The average molecular weight is 263 g/mol. The predicted molar refractivity (Wildman–Crippen MR) is 73.2 cm³/mol. The Labute approximate surface area is 113 Å². The molecule has 0 radical (unpaired) electrons. The minimum Gasteiger partial charge on any atom is -0.508 e. The van der Waals surface area contributed by atoms with Crippen LogP contribution in [0.1, 0.15) is 41.6 Å². The van der Waals surface area contributed by atoms with E-state index in [9.17, 15) is 15.0 Å². The van der Waals surface area contributed by atoms with Crippen molar-refractivity contribution in [2.45, 2.75) is 32.6 Å². The molecule has 1 aromatic carbocycles. The first-order chi connectivity index (χ1) is 9.06. The van der Waals surface area contributed by atoms with Crippen LogP contribution in [0.5, 0.6) is 5.75 Å². The largest absolute Gasteiger partial charge is 0.508 e.